The average molecular weight is 240 g/mol. The number of fused-ring (bicyclic) bond motifs is 2. The lowest BCUT2D eigenvalue weighted by Gasteiger charge is -2.07. The maximum atomic E-state index is 5.77. The van der Waals surface area contributed by atoms with Crippen LogP contribution in [0.2, 0.25) is 0 Å². The molecule has 2 heterocycles. The molecule has 0 aliphatic heterocycles. The van der Waals surface area contributed by atoms with E-state index in [0.29, 0.717) is 11.0 Å². The third-order valence-electron chi connectivity index (χ3n) is 3.11. The Labute approximate surface area is 103 Å². The van der Waals surface area contributed by atoms with Crippen LogP contribution >= 0.6 is 0 Å². The highest BCUT2D eigenvalue weighted by molar-refractivity contribution is 5.96. The van der Waals surface area contributed by atoms with Crippen LogP contribution < -0.4 is 11.5 Å². The second kappa shape index (κ2) is 3.49. The SMILES string of the molecule is Cc1ccc2nc3c(N)nnc(N)c3nc2c1C. The lowest BCUT2D eigenvalue weighted by molar-refractivity contribution is 1.06. The van der Waals surface area contributed by atoms with Gasteiger partial charge in [0.2, 0.25) is 0 Å². The number of benzene rings is 1. The molecule has 2 aromatic heterocycles. The van der Waals surface area contributed by atoms with Gasteiger partial charge in [0.05, 0.1) is 11.0 Å². The van der Waals surface area contributed by atoms with E-state index in [0.717, 1.165) is 22.2 Å². The molecule has 18 heavy (non-hydrogen) atoms. The van der Waals surface area contributed by atoms with Gasteiger partial charge in [-0.25, -0.2) is 9.97 Å². The first-order chi connectivity index (χ1) is 8.58. The molecule has 6 heteroatoms. The van der Waals surface area contributed by atoms with Crippen molar-refractivity contribution in [3.63, 3.8) is 0 Å². The lowest BCUT2D eigenvalue weighted by atomic mass is 10.1. The molecule has 0 saturated carbocycles. The van der Waals surface area contributed by atoms with Gasteiger partial charge in [-0.15, -0.1) is 10.2 Å². The number of nitrogens with two attached hydrogens (primary N) is 2. The first-order valence-corrected chi connectivity index (χ1v) is 5.53. The van der Waals surface area contributed by atoms with Gasteiger partial charge in [0, 0.05) is 0 Å². The molecule has 0 amide bonds. The van der Waals surface area contributed by atoms with Gasteiger partial charge in [0.1, 0.15) is 11.0 Å². The van der Waals surface area contributed by atoms with Crippen LogP contribution in [0, 0.1) is 13.8 Å². The second-order valence-electron chi connectivity index (χ2n) is 4.27. The minimum Gasteiger partial charge on any atom is -0.380 e. The van der Waals surface area contributed by atoms with Gasteiger partial charge in [0.15, 0.2) is 11.6 Å². The molecule has 4 N–H and O–H groups in total. The minimum atomic E-state index is 0.242. The summed E-state index contributed by atoms with van der Waals surface area (Å²) in [6.45, 7) is 4.04. The van der Waals surface area contributed by atoms with E-state index in [9.17, 15) is 0 Å². The molecule has 0 bridgehead atoms. The minimum absolute atomic E-state index is 0.242. The summed E-state index contributed by atoms with van der Waals surface area (Å²) in [7, 11) is 0. The van der Waals surface area contributed by atoms with Crippen LogP contribution in [0.15, 0.2) is 12.1 Å². The van der Waals surface area contributed by atoms with Gasteiger partial charge in [-0.1, -0.05) is 6.07 Å². The van der Waals surface area contributed by atoms with Gasteiger partial charge < -0.3 is 11.5 Å². The highest BCUT2D eigenvalue weighted by Crippen LogP contribution is 2.25. The van der Waals surface area contributed by atoms with Crippen molar-refractivity contribution in [1.82, 2.24) is 20.2 Å². The van der Waals surface area contributed by atoms with E-state index in [4.69, 9.17) is 11.5 Å². The topological polar surface area (TPSA) is 104 Å². The predicted molar refractivity (Wildman–Crippen MR) is 70.9 cm³/mol. The number of rotatable bonds is 0. The molecule has 0 radical (unpaired) electrons. The maximum Gasteiger partial charge on any atom is 0.174 e. The fourth-order valence-electron chi connectivity index (χ4n) is 1.92. The standard InChI is InChI=1S/C12H12N6/c1-5-3-4-7-8(6(5)2)16-10-9(15-7)11(13)17-18-12(10)14/h3-4H,1-2H3,(H2,13,17)(H2,14,18). The number of aryl methyl sites for hydroxylation is 2. The predicted octanol–water partition coefficient (Wildman–Crippen LogP) is 1.35. The van der Waals surface area contributed by atoms with Crippen molar-refractivity contribution < 1.29 is 0 Å². The Balaban J connectivity index is 2.55. The van der Waals surface area contributed by atoms with E-state index >= 15 is 0 Å². The van der Waals surface area contributed by atoms with E-state index in [2.05, 4.69) is 20.2 Å². The third-order valence-corrected chi connectivity index (χ3v) is 3.11. The number of hydrogen-bond donors (Lipinski definition) is 2. The smallest absolute Gasteiger partial charge is 0.174 e. The summed E-state index contributed by atoms with van der Waals surface area (Å²) >= 11 is 0. The molecule has 0 aliphatic carbocycles. The number of nitrogen functional groups attached to an aromatic ring is 2. The Bertz CT molecular complexity index is 780. The number of anilines is 2. The summed E-state index contributed by atoms with van der Waals surface area (Å²) in [5.74, 6) is 0.487. The van der Waals surface area contributed by atoms with E-state index in [1.54, 1.807) is 0 Å². The van der Waals surface area contributed by atoms with Crippen molar-refractivity contribution in [2.75, 3.05) is 11.5 Å². The molecule has 6 nitrogen and oxygen atoms in total. The van der Waals surface area contributed by atoms with Crippen molar-refractivity contribution >= 4 is 33.7 Å². The van der Waals surface area contributed by atoms with Crippen LogP contribution in [0.4, 0.5) is 11.6 Å². The zero-order chi connectivity index (χ0) is 12.9. The molecule has 0 saturated heterocycles. The molecule has 0 spiro atoms. The largest absolute Gasteiger partial charge is 0.380 e. The zero-order valence-corrected chi connectivity index (χ0v) is 10.1. The van der Waals surface area contributed by atoms with E-state index < -0.39 is 0 Å². The van der Waals surface area contributed by atoms with Gasteiger partial charge in [-0.3, -0.25) is 0 Å². The van der Waals surface area contributed by atoms with Crippen LogP contribution in [-0.2, 0) is 0 Å². The van der Waals surface area contributed by atoms with Gasteiger partial charge >= 0.3 is 0 Å². The molecule has 0 aliphatic rings. The summed E-state index contributed by atoms with van der Waals surface area (Å²) < 4.78 is 0. The molecule has 90 valence electrons. The van der Waals surface area contributed by atoms with Crippen LogP contribution in [-0.4, -0.2) is 20.2 Å². The van der Waals surface area contributed by atoms with Gasteiger partial charge in [-0.05, 0) is 31.0 Å². The van der Waals surface area contributed by atoms with Gasteiger partial charge in [-0.2, -0.15) is 0 Å². The molecule has 3 aromatic rings. The Hall–Kier alpha value is -2.50. The van der Waals surface area contributed by atoms with E-state index in [1.165, 1.54) is 0 Å². The Morgan fingerprint density at radius 3 is 2.11 bits per heavy atom. The first kappa shape index (κ1) is 10.6. The van der Waals surface area contributed by atoms with Crippen LogP contribution in [0.5, 0.6) is 0 Å². The highest BCUT2D eigenvalue weighted by Gasteiger charge is 2.11. The molecular formula is C12H12N6. The number of hydrogen-bond acceptors (Lipinski definition) is 6. The van der Waals surface area contributed by atoms with Crippen LogP contribution in [0.25, 0.3) is 22.1 Å². The zero-order valence-electron chi connectivity index (χ0n) is 10.1. The van der Waals surface area contributed by atoms with Crippen molar-refractivity contribution in [2.24, 2.45) is 0 Å². The highest BCUT2D eigenvalue weighted by atomic mass is 15.2. The summed E-state index contributed by atoms with van der Waals surface area (Å²) in [5.41, 5.74) is 16.4. The van der Waals surface area contributed by atoms with Crippen molar-refractivity contribution in [3.05, 3.63) is 23.3 Å². The normalized spacial score (nSPS) is 11.2. The van der Waals surface area contributed by atoms with Crippen LogP contribution in [0.1, 0.15) is 11.1 Å². The quantitative estimate of drug-likeness (QED) is 0.575. The van der Waals surface area contributed by atoms with Gasteiger partial charge in [0.25, 0.3) is 0 Å². The van der Waals surface area contributed by atoms with Crippen molar-refractivity contribution in [2.45, 2.75) is 13.8 Å². The summed E-state index contributed by atoms with van der Waals surface area (Å²) in [6, 6.07) is 3.92. The third kappa shape index (κ3) is 1.35. The Kier molecular flexibility index (Phi) is 2.07. The molecule has 0 unspecified atom stereocenters. The molecular weight excluding hydrogens is 228 g/mol. The number of nitrogens with zero attached hydrogens (tertiary/aromatic N) is 4. The molecule has 0 fully saturated rings. The van der Waals surface area contributed by atoms with Crippen LogP contribution in [0.3, 0.4) is 0 Å². The summed E-state index contributed by atoms with van der Waals surface area (Å²) in [5, 5.41) is 7.52. The van der Waals surface area contributed by atoms with E-state index in [1.807, 2.05) is 26.0 Å². The average Bonchev–Trinajstić information content (AvgIpc) is 2.37. The Morgan fingerprint density at radius 2 is 1.44 bits per heavy atom. The summed E-state index contributed by atoms with van der Waals surface area (Å²) in [4.78, 5) is 9.00. The monoisotopic (exact) mass is 240 g/mol. The number of aromatic nitrogens is 4. The first-order valence-electron chi connectivity index (χ1n) is 5.53. The molecule has 3 rings (SSSR count). The molecule has 0 atom stereocenters. The Morgan fingerprint density at radius 1 is 0.833 bits per heavy atom. The van der Waals surface area contributed by atoms with Crippen molar-refractivity contribution in [1.29, 1.82) is 0 Å². The van der Waals surface area contributed by atoms with Crippen molar-refractivity contribution in [3.8, 4) is 0 Å². The second-order valence-corrected chi connectivity index (χ2v) is 4.27. The maximum absolute atomic E-state index is 5.77. The fraction of sp³-hybridized carbons (Fsp3) is 0.167. The lowest BCUT2D eigenvalue weighted by Crippen LogP contribution is -2.03. The molecule has 1 aromatic carbocycles. The van der Waals surface area contributed by atoms with E-state index in [-0.39, 0.29) is 11.6 Å². The summed E-state index contributed by atoms with van der Waals surface area (Å²) in [6.07, 6.45) is 0. The fourth-order valence-corrected chi connectivity index (χ4v) is 1.92.